The van der Waals surface area contributed by atoms with Crippen LogP contribution < -0.4 is 5.32 Å². The van der Waals surface area contributed by atoms with E-state index in [9.17, 15) is 13.2 Å². The quantitative estimate of drug-likeness (QED) is 0.439. The second-order valence-corrected chi connectivity index (χ2v) is 6.16. The highest BCUT2D eigenvalue weighted by molar-refractivity contribution is 6.07. The zero-order chi connectivity index (χ0) is 20.9. The van der Waals surface area contributed by atoms with Crippen molar-refractivity contribution < 1.29 is 23.1 Å². The number of aromatic nitrogens is 1. The molecule has 0 spiro atoms. The van der Waals surface area contributed by atoms with Crippen molar-refractivity contribution in [3.05, 3.63) is 84.4 Å². The summed E-state index contributed by atoms with van der Waals surface area (Å²) in [4.78, 5) is 13.6. The van der Waals surface area contributed by atoms with Crippen LogP contribution in [0, 0.1) is 0 Å². The van der Waals surface area contributed by atoms with E-state index in [0.29, 0.717) is 0 Å². The molecule has 0 atom stereocenters. The lowest BCUT2D eigenvalue weighted by atomic mass is 10.1. The number of benzene rings is 3. The third kappa shape index (κ3) is 5.01. The van der Waals surface area contributed by atoms with Crippen LogP contribution in [0.4, 0.5) is 18.9 Å². The molecule has 0 aliphatic carbocycles. The van der Waals surface area contributed by atoms with Gasteiger partial charge in [-0.25, -0.2) is 9.78 Å². The number of aliphatic carboxylic acids is 1. The van der Waals surface area contributed by atoms with Gasteiger partial charge >= 0.3 is 12.1 Å². The fraction of sp³-hybridized carbons (Fsp3) is 0.0909. The molecule has 29 heavy (non-hydrogen) atoms. The second-order valence-electron chi connectivity index (χ2n) is 6.16. The Labute approximate surface area is 164 Å². The number of hydrogen-bond acceptors (Lipinski definition) is 3. The molecule has 0 aliphatic rings. The molecule has 4 rings (SSSR count). The molecule has 0 saturated carbocycles. The van der Waals surface area contributed by atoms with Gasteiger partial charge in [0.25, 0.3) is 0 Å². The summed E-state index contributed by atoms with van der Waals surface area (Å²) in [6.07, 6.45) is -5.08. The lowest BCUT2D eigenvalue weighted by Gasteiger charge is -2.13. The van der Waals surface area contributed by atoms with Crippen molar-refractivity contribution in [1.29, 1.82) is 0 Å². The number of para-hydroxylation sites is 2. The average Bonchev–Trinajstić information content (AvgIpc) is 2.71. The summed E-state index contributed by atoms with van der Waals surface area (Å²) in [5.74, 6) is -2.76. The van der Waals surface area contributed by atoms with Gasteiger partial charge in [-0.3, -0.25) is 0 Å². The number of alkyl halides is 3. The van der Waals surface area contributed by atoms with Crippen molar-refractivity contribution in [1.82, 2.24) is 4.98 Å². The Hall–Kier alpha value is -3.61. The van der Waals surface area contributed by atoms with E-state index in [2.05, 4.69) is 66.0 Å². The van der Waals surface area contributed by atoms with Crippen molar-refractivity contribution in [3.63, 3.8) is 0 Å². The highest BCUT2D eigenvalue weighted by Crippen LogP contribution is 2.30. The van der Waals surface area contributed by atoms with Gasteiger partial charge in [-0.1, -0.05) is 66.7 Å². The third-order valence-electron chi connectivity index (χ3n) is 4.14. The number of anilines is 1. The maximum Gasteiger partial charge on any atom is 0.490 e. The van der Waals surface area contributed by atoms with Gasteiger partial charge in [-0.05, 0) is 17.7 Å². The molecule has 0 unspecified atom stereocenters. The van der Waals surface area contributed by atoms with Crippen LogP contribution >= 0.6 is 0 Å². The minimum absolute atomic E-state index is 0.804. The molecule has 0 amide bonds. The van der Waals surface area contributed by atoms with Crippen LogP contribution in [0.25, 0.3) is 21.8 Å². The zero-order valence-electron chi connectivity index (χ0n) is 15.1. The Morgan fingerprint density at radius 3 is 1.76 bits per heavy atom. The van der Waals surface area contributed by atoms with Crippen LogP contribution in [0.1, 0.15) is 5.56 Å². The van der Waals surface area contributed by atoms with Gasteiger partial charge < -0.3 is 10.4 Å². The van der Waals surface area contributed by atoms with Crippen LogP contribution in [-0.2, 0) is 11.3 Å². The van der Waals surface area contributed by atoms with Crippen LogP contribution in [-0.4, -0.2) is 22.2 Å². The van der Waals surface area contributed by atoms with E-state index >= 15 is 0 Å². The van der Waals surface area contributed by atoms with E-state index in [1.165, 1.54) is 5.56 Å². The minimum Gasteiger partial charge on any atom is -0.475 e. The first-order valence-electron chi connectivity index (χ1n) is 8.71. The number of nitrogens with zero attached hydrogens (tertiary/aromatic N) is 1. The molecule has 7 heteroatoms. The van der Waals surface area contributed by atoms with Gasteiger partial charge in [0.05, 0.1) is 16.7 Å². The Morgan fingerprint density at radius 1 is 0.828 bits per heavy atom. The van der Waals surface area contributed by atoms with Crippen LogP contribution in [0.2, 0.25) is 0 Å². The first-order chi connectivity index (χ1) is 13.9. The third-order valence-corrected chi connectivity index (χ3v) is 4.14. The standard InChI is InChI=1S/C20H16N2.C2HF3O2/c1-2-8-15(9-3-1)14-21-20-16-10-4-6-12-18(16)22-19-13-7-5-11-17(19)20;3-2(4,5)1(6)7/h1-13H,14H2,(H,21,22);(H,6,7). The molecule has 148 valence electrons. The van der Waals surface area contributed by atoms with Crippen LogP contribution in [0.15, 0.2) is 78.9 Å². The molecule has 0 aliphatic heterocycles. The summed E-state index contributed by atoms with van der Waals surface area (Å²) >= 11 is 0. The van der Waals surface area contributed by atoms with Crippen molar-refractivity contribution in [3.8, 4) is 0 Å². The predicted molar refractivity (Wildman–Crippen MR) is 107 cm³/mol. The SMILES string of the molecule is O=C(O)C(F)(F)F.c1ccc(CNc2c3ccccc3nc3ccccc23)cc1. The number of carbonyl (C=O) groups is 1. The number of halogens is 3. The number of nitrogens with one attached hydrogen (secondary N) is 1. The molecule has 0 bridgehead atoms. The average molecular weight is 398 g/mol. The summed E-state index contributed by atoms with van der Waals surface area (Å²) in [6.45, 7) is 0.804. The number of pyridine rings is 1. The summed E-state index contributed by atoms with van der Waals surface area (Å²) in [6, 6.07) is 27.0. The lowest BCUT2D eigenvalue weighted by Crippen LogP contribution is -2.21. The van der Waals surface area contributed by atoms with Gasteiger partial charge in [0, 0.05) is 17.3 Å². The Kier molecular flexibility index (Phi) is 5.97. The van der Waals surface area contributed by atoms with Gasteiger partial charge in [0.1, 0.15) is 0 Å². The Balaban J connectivity index is 0.000000298. The van der Waals surface area contributed by atoms with Gasteiger partial charge in [-0.15, -0.1) is 0 Å². The largest absolute Gasteiger partial charge is 0.490 e. The number of hydrogen-bond donors (Lipinski definition) is 2. The van der Waals surface area contributed by atoms with Crippen molar-refractivity contribution in [2.45, 2.75) is 12.7 Å². The molecule has 1 aromatic heterocycles. The van der Waals surface area contributed by atoms with E-state index in [1.54, 1.807) is 0 Å². The molecule has 4 nitrogen and oxygen atoms in total. The molecule has 0 radical (unpaired) electrons. The monoisotopic (exact) mass is 398 g/mol. The summed E-state index contributed by atoms with van der Waals surface area (Å²) in [7, 11) is 0. The molecular weight excluding hydrogens is 381 g/mol. The van der Waals surface area contributed by atoms with E-state index in [4.69, 9.17) is 14.9 Å². The molecule has 1 heterocycles. The molecule has 2 N–H and O–H groups in total. The van der Waals surface area contributed by atoms with E-state index in [1.807, 2.05) is 18.2 Å². The first kappa shape index (κ1) is 20.1. The number of carboxylic acids is 1. The van der Waals surface area contributed by atoms with Crippen molar-refractivity contribution in [2.24, 2.45) is 0 Å². The van der Waals surface area contributed by atoms with Gasteiger partial charge in [0.15, 0.2) is 0 Å². The summed E-state index contributed by atoms with van der Waals surface area (Å²) < 4.78 is 31.7. The summed E-state index contributed by atoms with van der Waals surface area (Å²) in [5, 5.41) is 13.1. The van der Waals surface area contributed by atoms with Gasteiger partial charge in [0.2, 0.25) is 0 Å². The molecule has 0 fully saturated rings. The van der Waals surface area contributed by atoms with Gasteiger partial charge in [-0.2, -0.15) is 13.2 Å². The topological polar surface area (TPSA) is 62.2 Å². The minimum atomic E-state index is -5.08. The Morgan fingerprint density at radius 2 is 1.28 bits per heavy atom. The second kappa shape index (κ2) is 8.60. The Bertz CT molecular complexity index is 1080. The fourth-order valence-electron chi connectivity index (χ4n) is 2.82. The van der Waals surface area contributed by atoms with Crippen molar-refractivity contribution in [2.75, 3.05) is 5.32 Å². The maximum atomic E-state index is 10.6. The highest BCUT2D eigenvalue weighted by atomic mass is 19.4. The van der Waals surface area contributed by atoms with E-state index < -0.39 is 12.1 Å². The first-order valence-corrected chi connectivity index (χ1v) is 8.71. The highest BCUT2D eigenvalue weighted by Gasteiger charge is 2.38. The number of carboxylic acid groups (broad SMARTS) is 1. The van der Waals surface area contributed by atoms with E-state index in [-0.39, 0.29) is 0 Å². The lowest BCUT2D eigenvalue weighted by molar-refractivity contribution is -0.192. The number of fused-ring (bicyclic) bond motifs is 2. The molecule has 3 aromatic carbocycles. The molecular formula is C22H17F3N2O2. The van der Waals surface area contributed by atoms with Crippen LogP contribution in [0.5, 0.6) is 0 Å². The fourth-order valence-corrected chi connectivity index (χ4v) is 2.82. The predicted octanol–water partition coefficient (Wildman–Crippen LogP) is 5.63. The zero-order valence-corrected chi connectivity index (χ0v) is 15.1. The van der Waals surface area contributed by atoms with Crippen molar-refractivity contribution >= 4 is 33.5 Å². The normalized spacial score (nSPS) is 11.0. The molecule has 0 saturated heterocycles. The van der Waals surface area contributed by atoms with Crippen LogP contribution in [0.3, 0.4) is 0 Å². The maximum absolute atomic E-state index is 10.6. The molecule has 4 aromatic rings. The number of rotatable bonds is 3. The summed E-state index contributed by atoms with van der Waals surface area (Å²) in [5.41, 5.74) is 4.48. The smallest absolute Gasteiger partial charge is 0.475 e. The van der Waals surface area contributed by atoms with E-state index in [0.717, 1.165) is 34.0 Å².